The molecule has 4 rings (SSSR count). The Morgan fingerprint density at radius 1 is 1.33 bits per heavy atom. The van der Waals surface area contributed by atoms with Crippen molar-refractivity contribution in [2.24, 2.45) is 0 Å². The van der Waals surface area contributed by atoms with Crippen LogP contribution in [-0.2, 0) is 16.0 Å². The number of aromatic nitrogens is 2. The van der Waals surface area contributed by atoms with E-state index in [1.54, 1.807) is 18.6 Å². The fourth-order valence-electron chi connectivity index (χ4n) is 3.15. The predicted molar refractivity (Wildman–Crippen MR) is 87.6 cm³/mol. The van der Waals surface area contributed by atoms with Crippen molar-refractivity contribution in [2.45, 2.75) is 31.5 Å². The summed E-state index contributed by atoms with van der Waals surface area (Å²) in [5.74, 6) is 0.839. The molecule has 0 unspecified atom stereocenters. The van der Waals surface area contributed by atoms with Crippen molar-refractivity contribution in [2.75, 3.05) is 13.2 Å². The molecule has 2 aliphatic heterocycles. The maximum absolute atomic E-state index is 12.0. The Kier molecular flexibility index (Phi) is 4.13. The number of hydrogen-bond acceptors (Lipinski definition) is 5. The molecular formula is C18H19N3O3. The summed E-state index contributed by atoms with van der Waals surface area (Å²) in [4.78, 5) is 20.4. The van der Waals surface area contributed by atoms with Gasteiger partial charge in [-0.25, -0.2) is 0 Å². The van der Waals surface area contributed by atoms with Gasteiger partial charge in [0.05, 0.1) is 18.4 Å². The van der Waals surface area contributed by atoms with Crippen molar-refractivity contribution in [3.8, 4) is 17.0 Å². The lowest BCUT2D eigenvalue weighted by Crippen LogP contribution is -2.40. The molecule has 1 fully saturated rings. The van der Waals surface area contributed by atoms with Crippen LogP contribution in [0.3, 0.4) is 0 Å². The molecule has 3 heterocycles. The molecule has 1 aromatic carbocycles. The van der Waals surface area contributed by atoms with Crippen LogP contribution in [0.4, 0.5) is 0 Å². The van der Waals surface area contributed by atoms with E-state index in [9.17, 15) is 4.79 Å². The van der Waals surface area contributed by atoms with E-state index < -0.39 is 0 Å². The first kappa shape index (κ1) is 15.1. The Morgan fingerprint density at radius 2 is 2.29 bits per heavy atom. The first-order valence-corrected chi connectivity index (χ1v) is 8.25. The number of nitrogens with zero attached hydrogens (tertiary/aromatic N) is 2. The number of hydrogen-bond donors (Lipinski definition) is 1. The quantitative estimate of drug-likeness (QED) is 0.927. The van der Waals surface area contributed by atoms with Gasteiger partial charge < -0.3 is 14.8 Å². The number of carbonyl (C=O) groups is 1. The van der Waals surface area contributed by atoms with Gasteiger partial charge in [-0.15, -0.1) is 0 Å². The standard InChI is InChI=1S/C18H19N3O3/c22-18(17-2-1-7-23-17)21-10-14-9-13-8-12(3-4-16(13)24-14)15-11-19-5-6-20-15/h3-6,8,11,14,17H,1-2,7,9-10H2,(H,21,22)/t14-,17-/m0/s1. The van der Waals surface area contributed by atoms with Crippen LogP contribution in [0.2, 0.25) is 0 Å². The number of nitrogens with one attached hydrogen (secondary N) is 1. The van der Waals surface area contributed by atoms with Crippen LogP contribution < -0.4 is 10.1 Å². The zero-order chi connectivity index (χ0) is 16.4. The van der Waals surface area contributed by atoms with Gasteiger partial charge in [-0.1, -0.05) is 0 Å². The number of benzene rings is 1. The highest BCUT2D eigenvalue weighted by atomic mass is 16.5. The topological polar surface area (TPSA) is 73.3 Å². The van der Waals surface area contributed by atoms with Gasteiger partial charge >= 0.3 is 0 Å². The molecular weight excluding hydrogens is 306 g/mol. The summed E-state index contributed by atoms with van der Waals surface area (Å²) in [7, 11) is 0. The minimum Gasteiger partial charge on any atom is -0.488 e. The van der Waals surface area contributed by atoms with Crippen LogP contribution in [0.5, 0.6) is 5.75 Å². The molecule has 2 atom stereocenters. The van der Waals surface area contributed by atoms with Gasteiger partial charge in [0.2, 0.25) is 5.91 Å². The number of ether oxygens (including phenoxy) is 2. The third kappa shape index (κ3) is 3.10. The van der Waals surface area contributed by atoms with Crippen LogP contribution in [0.15, 0.2) is 36.8 Å². The highest BCUT2D eigenvalue weighted by Crippen LogP contribution is 2.32. The van der Waals surface area contributed by atoms with Gasteiger partial charge in [0.15, 0.2) is 0 Å². The van der Waals surface area contributed by atoms with Crippen molar-refractivity contribution in [1.82, 2.24) is 15.3 Å². The van der Waals surface area contributed by atoms with Crippen molar-refractivity contribution < 1.29 is 14.3 Å². The van der Waals surface area contributed by atoms with Crippen LogP contribution in [0.1, 0.15) is 18.4 Å². The molecule has 0 radical (unpaired) electrons. The first-order valence-electron chi connectivity index (χ1n) is 8.25. The van der Waals surface area contributed by atoms with E-state index in [1.165, 1.54) is 0 Å². The second-order valence-electron chi connectivity index (χ2n) is 6.10. The van der Waals surface area contributed by atoms with Crippen molar-refractivity contribution in [3.63, 3.8) is 0 Å². The molecule has 1 amide bonds. The average Bonchev–Trinajstić information content (AvgIpc) is 3.29. The second-order valence-corrected chi connectivity index (χ2v) is 6.10. The van der Waals surface area contributed by atoms with E-state index in [-0.39, 0.29) is 18.1 Å². The van der Waals surface area contributed by atoms with Gasteiger partial charge in [-0.3, -0.25) is 14.8 Å². The van der Waals surface area contributed by atoms with E-state index in [2.05, 4.69) is 21.4 Å². The van der Waals surface area contributed by atoms with Crippen molar-refractivity contribution in [3.05, 3.63) is 42.4 Å². The van der Waals surface area contributed by atoms with E-state index in [0.717, 1.165) is 41.8 Å². The molecule has 0 spiro atoms. The van der Waals surface area contributed by atoms with E-state index in [0.29, 0.717) is 13.2 Å². The van der Waals surface area contributed by atoms with Crippen LogP contribution >= 0.6 is 0 Å². The summed E-state index contributed by atoms with van der Waals surface area (Å²) in [6.07, 6.45) is 7.29. The Bertz CT molecular complexity index is 730. The molecule has 6 nitrogen and oxygen atoms in total. The van der Waals surface area contributed by atoms with Gasteiger partial charge in [-0.05, 0) is 36.6 Å². The Hall–Kier alpha value is -2.47. The Balaban J connectivity index is 1.38. The van der Waals surface area contributed by atoms with Gasteiger partial charge in [0.25, 0.3) is 0 Å². The molecule has 0 bridgehead atoms. The summed E-state index contributed by atoms with van der Waals surface area (Å²) in [6.45, 7) is 1.17. The largest absolute Gasteiger partial charge is 0.488 e. The SMILES string of the molecule is O=C(NC[C@@H]1Cc2cc(-c3cnccn3)ccc2O1)[C@@H]1CCCO1. The lowest BCUT2D eigenvalue weighted by atomic mass is 10.0. The van der Waals surface area contributed by atoms with Crippen LogP contribution in [0, 0.1) is 0 Å². The smallest absolute Gasteiger partial charge is 0.249 e. The van der Waals surface area contributed by atoms with Crippen molar-refractivity contribution >= 4 is 5.91 Å². The minimum absolute atomic E-state index is 0.0349. The maximum atomic E-state index is 12.0. The summed E-state index contributed by atoms with van der Waals surface area (Å²) in [6, 6.07) is 6.03. The highest BCUT2D eigenvalue weighted by molar-refractivity contribution is 5.81. The van der Waals surface area contributed by atoms with Crippen molar-refractivity contribution in [1.29, 1.82) is 0 Å². The molecule has 2 aromatic rings. The average molecular weight is 325 g/mol. The minimum atomic E-state index is -0.294. The number of rotatable bonds is 4. The zero-order valence-corrected chi connectivity index (χ0v) is 13.3. The summed E-state index contributed by atoms with van der Waals surface area (Å²) < 4.78 is 11.3. The van der Waals surface area contributed by atoms with E-state index in [1.807, 2.05) is 12.1 Å². The fourth-order valence-corrected chi connectivity index (χ4v) is 3.15. The highest BCUT2D eigenvalue weighted by Gasteiger charge is 2.27. The molecule has 0 aliphatic carbocycles. The number of carbonyl (C=O) groups excluding carboxylic acids is 1. The van der Waals surface area contributed by atoms with Crippen LogP contribution in [-0.4, -0.2) is 41.2 Å². The lowest BCUT2D eigenvalue weighted by molar-refractivity contribution is -0.130. The fraction of sp³-hybridized carbons (Fsp3) is 0.389. The molecule has 2 aliphatic rings. The first-order chi connectivity index (χ1) is 11.8. The molecule has 6 heteroatoms. The number of fused-ring (bicyclic) bond motifs is 1. The molecule has 1 saturated heterocycles. The van der Waals surface area contributed by atoms with E-state index in [4.69, 9.17) is 9.47 Å². The molecule has 124 valence electrons. The zero-order valence-electron chi connectivity index (χ0n) is 13.3. The Morgan fingerprint density at radius 3 is 3.08 bits per heavy atom. The normalized spacial score (nSPS) is 22.0. The van der Waals surface area contributed by atoms with Gasteiger partial charge in [0, 0.05) is 31.0 Å². The third-order valence-corrected chi connectivity index (χ3v) is 4.39. The predicted octanol–water partition coefficient (Wildman–Crippen LogP) is 1.74. The monoisotopic (exact) mass is 325 g/mol. The molecule has 1 aromatic heterocycles. The van der Waals surface area contributed by atoms with Gasteiger partial charge in [-0.2, -0.15) is 0 Å². The van der Waals surface area contributed by atoms with E-state index >= 15 is 0 Å². The summed E-state index contributed by atoms with van der Waals surface area (Å²) in [5, 5.41) is 2.94. The van der Waals surface area contributed by atoms with Gasteiger partial charge in [0.1, 0.15) is 18.0 Å². The summed E-state index contributed by atoms with van der Waals surface area (Å²) >= 11 is 0. The summed E-state index contributed by atoms with van der Waals surface area (Å²) in [5.41, 5.74) is 3.00. The van der Waals surface area contributed by atoms with Crippen LogP contribution in [0.25, 0.3) is 11.3 Å². The molecule has 1 N–H and O–H groups in total. The molecule has 0 saturated carbocycles. The second kappa shape index (κ2) is 6.57. The third-order valence-electron chi connectivity index (χ3n) is 4.39. The lowest BCUT2D eigenvalue weighted by Gasteiger charge is -2.14. The Labute approximate surface area is 140 Å². The maximum Gasteiger partial charge on any atom is 0.249 e. The molecule has 24 heavy (non-hydrogen) atoms. The number of amides is 1.